The van der Waals surface area contributed by atoms with Crippen LogP contribution in [0.15, 0.2) is 35.0 Å². The molecule has 120 valence electrons. The van der Waals surface area contributed by atoms with E-state index in [1.165, 1.54) is 48.0 Å². The van der Waals surface area contributed by atoms with Crippen molar-refractivity contribution in [3.63, 3.8) is 0 Å². The van der Waals surface area contributed by atoms with Gasteiger partial charge in [-0.2, -0.15) is 0 Å². The highest BCUT2D eigenvalue weighted by molar-refractivity contribution is 6.26. The molecule has 0 spiro atoms. The lowest BCUT2D eigenvalue weighted by Gasteiger charge is -2.14. The average molecular weight is 300 g/mol. The zero-order chi connectivity index (χ0) is 15.9. The number of rotatable bonds is 2. The summed E-state index contributed by atoms with van der Waals surface area (Å²) in [7, 11) is 3.75. The monoisotopic (exact) mass is 300 g/mol. The maximum atomic E-state index is 9.28. The van der Waals surface area contributed by atoms with Crippen LogP contribution in [-0.2, 0) is 0 Å². The summed E-state index contributed by atoms with van der Waals surface area (Å²) in [5.41, 5.74) is 6.15. The summed E-state index contributed by atoms with van der Waals surface area (Å²) in [4.78, 5) is 0. The van der Waals surface area contributed by atoms with Crippen LogP contribution >= 0.6 is 0 Å². The number of nitrogens with zero attached hydrogens (tertiary/aromatic N) is 1. The SMILES string of the molecule is CNC.Cc1cccc(C2=C(C3CCCC3)CCC2=NO)c1. The van der Waals surface area contributed by atoms with Crippen molar-refractivity contribution in [2.24, 2.45) is 11.1 Å². The minimum atomic E-state index is 0.717. The highest BCUT2D eigenvalue weighted by Gasteiger charge is 2.29. The summed E-state index contributed by atoms with van der Waals surface area (Å²) < 4.78 is 0. The number of hydrogen-bond acceptors (Lipinski definition) is 3. The standard InChI is InChI=1S/C17H21NO.C2H7N/c1-12-5-4-8-14(11-12)17-15(9-10-16(17)18-19)13-6-2-3-7-13;1-3-2/h4-5,8,11,13,19H,2-3,6-7,9-10H2,1H3;3H,1-2H3. The molecular formula is C19H28N2O. The number of allylic oxidation sites excluding steroid dienone is 2. The molecule has 0 aliphatic heterocycles. The molecule has 0 heterocycles. The van der Waals surface area contributed by atoms with E-state index in [0.29, 0.717) is 0 Å². The van der Waals surface area contributed by atoms with Gasteiger partial charge in [-0.05, 0) is 58.2 Å². The van der Waals surface area contributed by atoms with Gasteiger partial charge in [0.25, 0.3) is 0 Å². The summed E-state index contributed by atoms with van der Waals surface area (Å²) in [6, 6.07) is 8.57. The van der Waals surface area contributed by atoms with E-state index in [1.54, 1.807) is 0 Å². The third kappa shape index (κ3) is 3.77. The Morgan fingerprint density at radius 3 is 2.41 bits per heavy atom. The van der Waals surface area contributed by atoms with Gasteiger partial charge in [0, 0.05) is 5.57 Å². The van der Waals surface area contributed by atoms with Crippen LogP contribution in [0.5, 0.6) is 0 Å². The van der Waals surface area contributed by atoms with Crippen molar-refractivity contribution in [1.82, 2.24) is 5.32 Å². The summed E-state index contributed by atoms with van der Waals surface area (Å²) in [5.74, 6) is 0.717. The van der Waals surface area contributed by atoms with E-state index in [1.807, 2.05) is 14.1 Å². The molecule has 0 aromatic heterocycles. The maximum Gasteiger partial charge on any atom is 0.0876 e. The molecule has 3 heteroatoms. The van der Waals surface area contributed by atoms with Gasteiger partial charge in [0.2, 0.25) is 0 Å². The van der Waals surface area contributed by atoms with Crippen LogP contribution in [0, 0.1) is 12.8 Å². The van der Waals surface area contributed by atoms with Crippen molar-refractivity contribution in [2.45, 2.75) is 45.4 Å². The van der Waals surface area contributed by atoms with Crippen LogP contribution in [0.3, 0.4) is 0 Å². The van der Waals surface area contributed by atoms with Gasteiger partial charge in [0.1, 0.15) is 0 Å². The first kappa shape index (κ1) is 16.8. The van der Waals surface area contributed by atoms with E-state index in [4.69, 9.17) is 0 Å². The molecule has 0 unspecified atom stereocenters. The Hall–Kier alpha value is -1.61. The lowest BCUT2D eigenvalue weighted by atomic mass is 9.90. The number of hydrogen-bond donors (Lipinski definition) is 2. The first-order chi connectivity index (χ1) is 10.7. The molecule has 2 N–H and O–H groups in total. The van der Waals surface area contributed by atoms with Crippen LogP contribution in [0.1, 0.15) is 49.7 Å². The van der Waals surface area contributed by atoms with E-state index in [2.05, 4.69) is 41.7 Å². The van der Waals surface area contributed by atoms with Crippen LogP contribution in [-0.4, -0.2) is 25.0 Å². The van der Waals surface area contributed by atoms with Crippen LogP contribution < -0.4 is 5.32 Å². The second-order valence-corrected chi connectivity index (χ2v) is 6.30. The normalized spacial score (nSPS) is 20.4. The summed E-state index contributed by atoms with van der Waals surface area (Å²) in [6.45, 7) is 2.12. The Bertz CT molecular complexity index is 554. The molecule has 3 nitrogen and oxygen atoms in total. The van der Waals surface area contributed by atoms with E-state index in [0.717, 1.165) is 24.5 Å². The Labute approximate surface area is 134 Å². The summed E-state index contributed by atoms with van der Waals surface area (Å²) in [5, 5.41) is 15.6. The molecule has 1 saturated carbocycles. The quantitative estimate of drug-likeness (QED) is 0.628. The topological polar surface area (TPSA) is 44.6 Å². The van der Waals surface area contributed by atoms with Crippen molar-refractivity contribution in [3.8, 4) is 0 Å². The molecule has 1 aromatic carbocycles. The van der Waals surface area contributed by atoms with E-state index in [-0.39, 0.29) is 0 Å². The third-order valence-corrected chi connectivity index (χ3v) is 4.52. The predicted octanol–water partition coefficient (Wildman–Crippen LogP) is 4.40. The fourth-order valence-corrected chi connectivity index (χ4v) is 3.62. The fourth-order valence-electron chi connectivity index (χ4n) is 3.62. The molecule has 2 aliphatic rings. The number of aryl methyl sites for hydroxylation is 1. The first-order valence-corrected chi connectivity index (χ1v) is 8.31. The number of nitrogens with one attached hydrogen (secondary N) is 1. The van der Waals surface area contributed by atoms with Gasteiger partial charge >= 0.3 is 0 Å². The maximum absolute atomic E-state index is 9.28. The Balaban J connectivity index is 0.000000545. The Morgan fingerprint density at radius 1 is 1.14 bits per heavy atom. The zero-order valence-electron chi connectivity index (χ0n) is 14.0. The van der Waals surface area contributed by atoms with Crippen LogP contribution in [0.4, 0.5) is 0 Å². The number of oxime groups is 1. The van der Waals surface area contributed by atoms with Crippen molar-refractivity contribution in [1.29, 1.82) is 0 Å². The Kier molecular flexibility index (Phi) is 6.20. The molecule has 3 rings (SSSR count). The second-order valence-electron chi connectivity index (χ2n) is 6.30. The van der Waals surface area contributed by atoms with Crippen molar-refractivity contribution >= 4 is 11.3 Å². The van der Waals surface area contributed by atoms with Gasteiger partial charge in [0.15, 0.2) is 0 Å². The molecule has 0 amide bonds. The van der Waals surface area contributed by atoms with Crippen LogP contribution in [0.25, 0.3) is 5.57 Å². The highest BCUT2D eigenvalue weighted by atomic mass is 16.4. The Morgan fingerprint density at radius 2 is 1.82 bits per heavy atom. The minimum absolute atomic E-state index is 0.717. The smallest absolute Gasteiger partial charge is 0.0876 e. The molecule has 0 radical (unpaired) electrons. The second kappa shape index (κ2) is 8.14. The first-order valence-electron chi connectivity index (χ1n) is 8.31. The molecule has 0 bridgehead atoms. The number of benzene rings is 1. The average Bonchev–Trinajstić information content (AvgIpc) is 3.17. The highest BCUT2D eigenvalue weighted by Crippen LogP contribution is 2.42. The third-order valence-electron chi connectivity index (χ3n) is 4.52. The summed E-state index contributed by atoms with van der Waals surface area (Å²) in [6.07, 6.45) is 7.29. The van der Waals surface area contributed by atoms with E-state index < -0.39 is 0 Å². The molecule has 2 aliphatic carbocycles. The predicted molar refractivity (Wildman–Crippen MR) is 93.5 cm³/mol. The molecular weight excluding hydrogens is 272 g/mol. The fraction of sp³-hybridized carbons (Fsp3) is 0.526. The van der Waals surface area contributed by atoms with Gasteiger partial charge < -0.3 is 10.5 Å². The molecule has 1 aromatic rings. The molecule has 22 heavy (non-hydrogen) atoms. The summed E-state index contributed by atoms with van der Waals surface area (Å²) >= 11 is 0. The van der Waals surface area contributed by atoms with E-state index in [9.17, 15) is 5.21 Å². The molecule has 0 saturated heterocycles. The lowest BCUT2D eigenvalue weighted by molar-refractivity contribution is 0.319. The van der Waals surface area contributed by atoms with Gasteiger partial charge in [-0.1, -0.05) is 53.4 Å². The van der Waals surface area contributed by atoms with Gasteiger partial charge in [-0.3, -0.25) is 0 Å². The van der Waals surface area contributed by atoms with Crippen LogP contribution in [0.2, 0.25) is 0 Å². The minimum Gasteiger partial charge on any atom is -0.411 e. The van der Waals surface area contributed by atoms with E-state index >= 15 is 0 Å². The zero-order valence-corrected chi connectivity index (χ0v) is 14.0. The molecule has 0 atom stereocenters. The van der Waals surface area contributed by atoms with Gasteiger partial charge in [-0.15, -0.1) is 0 Å². The van der Waals surface area contributed by atoms with Crippen molar-refractivity contribution in [2.75, 3.05) is 14.1 Å². The largest absolute Gasteiger partial charge is 0.411 e. The molecule has 1 fully saturated rings. The van der Waals surface area contributed by atoms with Gasteiger partial charge in [-0.25, -0.2) is 0 Å². The lowest BCUT2D eigenvalue weighted by Crippen LogP contribution is -2.02. The van der Waals surface area contributed by atoms with Gasteiger partial charge in [0.05, 0.1) is 5.71 Å². The van der Waals surface area contributed by atoms with Crippen molar-refractivity contribution < 1.29 is 5.21 Å². The van der Waals surface area contributed by atoms with Crippen molar-refractivity contribution in [3.05, 3.63) is 41.0 Å².